The fourth-order valence-corrected chi connectivity index (χ4v) is 2.22. The van der Waals surface area contributed by atoms with Gasteiger partial charge >= 0.3 is 5.97 Å². The number of carboxylic acids is 1. The molecular weight excluding hydrogens is 240 g/mol. The number of carboxylic acid groups (broad SMARTS) is 1. The molecule has 0 amide bonds. The first-order chi connectivity index (χ1) is 7.92. The van der Waals surface area contributed by atoms with Crippen LogP contribution in [0, 0.1) is 0 Å². The van der Waals surface area contributed by atoms with Gasteiger partial charge in [0.05, 0.1) is 4.90 Å². The summed E-state index contributed by atoms with van der Waals surface area (Å²) in [6.07, 6.45) is 2.20. The van der Waals surface area contributed by atoms with Crippen LogP contribution in [0.1, 0.15) is 6.92 Å². The Balaban J connectivity index is 2.96. The highest BCUT2D eigenvalue weighted by molar-refractivity contribution is 7.94. The number of carbonyl (C=O) groups is 1. The Hall–Kier alpha value is -1.88. The van der Waals surface area contributed by atoms with E-state index >= 15 is 0 Å². The Morgan fingerprint density at radius 3 is 2.35 bits per heavy atom. The lowest BCUT2D eigenvalue weighted by atomic mass is 10.3. The fourth-order valence-electron chi connectivity index (χ4n) is 1.13. The lowest BCUT2D eigenvalue weighted by Gasteiger charge is -1.97. The van der Waals surface area contributed by atoms with E-state index in [2.05, 4.69) is 0 Å². The maximum absolute atomic E-state index is 11.8. The van der Waals surface area contributed by atoms with Gasteiger partial charge in [-0.25, -0.2) is 13.2 Å². The molecule has 0 saturated carbocycles. The highest BCUT2D eigenvalue weighted by Crippen LogP contribution is 2.12. The highest BCUT2D eigenvalue weighted by atomic mass is 32.2. The molecule has 0 aliphatic heterocycles. The second kappa shape index (κ2) is 5.45. The molecule has 0 aliphatic carbocycles. The third-order valence-corrected chi connectivity index (χ3v) is 3.36. The minimum Gasteiger partial charge on any atom is -0.478 e. The van der Waals surface area contributed by atoms with Crippen molar-refractivity contribution in [2.75, 3.05) is 0 Å². The average Bonchev–Trinajstić information content (AvgIpc) is 2.27. The van der Waals surface area contributed by atoms with Crippen molar-refractivity contribution in [1.29, 1.82) is 0 Å². The van der Waals surface area contributed by atoms with Gasteiger partial charge in [0.2, 0.25) is 0 Å². The van der Waals surface area contributed by atoms with Crippen LogP contribution in [0.2, 0.25) is 0 Å². The first-order valence-corrected chi connectivity index (χ1v) is 6.36. The molecule has 0 saturated heterocycles. The molecule has 1 rings (SSSR count). The van der Waals surface area contributed by atoms with E-state index in [4.69, 9.17) is 5.11 Å². The van der Waals surface area contributed by atoms with Crippen molar-refractivity contribution >= 4 is 15.8 Å². The van der Waals surface area contributed by atoms with E-state index in [1.807, 2.05) is 0 Å². The average molecular weight is 252 g/mol. The van der Waals surface area contributed by atoms with Crippen LogP contribution in [0.5, 0.6) is 0 Å². The molecule has 5 heteroatoms. The van der Waals surface area contributed by atoms with Gasteiger partial charge in [0.15, 0.2) is 9.84 Å². The maximum atomic E-state index is 11.8. The highest BCUT2D eigenvalue weighted by Gasteiger charge is 2.08. The lowest BCUT2D eigenvalue weighted by molar-refractivity contribution is -0.131. The summed E-state index contributed by atoms with van der Waals surface area (Å²) >= 11 is 0. The molecule has 4 nitrogen and oxygen atoms in total. The van der Waals surface area contributed by atoms with Gasteiger partial charge in [0.1, 0.15) is 0 Å². The zero-order valence-electron chi connectivity index (χ0n) is 9.20. The Morgan fingerprint density at radius 2 is 1.82 bits per heavy atom. The second-order valence-corrected chi connectivity index (χ2v) is 5.22. The maximum Gasteiger partial charge on any atom is 0.328 e. The molecule has 0 aliphatic rings. The Morgan fingerprint density at radius 1 is 1.24 bits per heavy atom. The third-order valence-electron chi connectivity index (χ3n) is 1.93. The van der Waals surface area contributed by atoms with Crippen LogP contribution in [0.4, 0.5) is 0 Å². The van der Waals surface area contributed by atoms with Crippen molar-refractivity contribution in [3.8, 4) is 0 Å². The van der Waals surface area contributed by atoms with Crippen molar-refractivity contribution in [3.05, 3.63) is 53.5 Å². The first kappa shape index (κ1) is 13.2. The van der Waals surface area contributed by atoms with Gasteiger partial charge < -0.3 is 5.11 Å². The predicted molar refractivity (Wildman–Crippen MR) is 64.2 cm³/mol. The number of aliphatic carboxylic acids is 1. The topological polar surface area (TPSA) is 71.4 Å². The van der Waals surface area contributed by atoms with Crippen LogP contribution in [0.15, 0.2) is 58.4 Å². The number of sulfone groups is 1. The van der Waals surface area contributed by atoms with Gasteiger partial charge in [0, 0.05) is 11.5 Å². The van der Waals surface area contributed by atoms with E-state index in [1.54, 1.807) is 18.2 Å². The largest absolute Gasteiger partial charge is 0.478 e. The molecule has 0 spiro atoms. The van der Waals surface area contributed by atoms with E-state index in [0.717, 1.165) is 11.5 Å². The third kappa shape index (κ3) is 4.24. The zero-order valence-corrected chi connectivity index (χ0v) is 10.0. The summed E-state index contributed by atoms with van der Waals surface area (Å²) in [6.45, 7) is 1.52. The molecule has 1 aromatic rings. The molecule has 0 aromatic heterocycles. The monoisotopic (exact) mass is 252 g/mol. The predicted octanol–water partition coefficient (Wildman–Crippen LogP) is 2.00. The van der Waals surface area contributed by atoms with Crippen LogP contribution in [0.25, 0.3) is 0 Å². The summed E-state index contributed by atoms with van der Waals surface area (Å²) in [7, 11) is -3.51. The zero-order chi connectivity index (χ0) is 12.9. The molecule has 90 valence electrons. The van der Waals surface area contributed by atoms with Gasteiger partial charge in [-0.2, -0.15) is 0 Å². The quantitative estimate of drug-likeness (QED) is 0.657. The van der Waals surface area contributed by atoms with Crippen molar-refractivity contribution in [1.82, 2.24) is 0 Å². The summed E-state index contributed by atoms with van der Waals surface area (Å²) in [6, 6.07) is 7.94. The molecule has 0 unspecified atom stereocenters. The van der Waals surface area contributed by atoms with Gasteiger partial charge in [-0.15, -0.1) is 0 Å². The summed E-state index contributed by atoms with van der Waals surface area (Å²) < 4.78 is 23.5. The van der Waals surface area contributed by atoms with Crippen LogP contribution in [-0.4, -0.2) is 19.5 Å². The number of hydrogen-bond donors (Lipinski definition) is 1. The van der Waals surface area contributed by atoms with Gasteiger partial charge in [0.25, 0.3) is 0 Å². The number of hydrogen-bond acceptors (Lipinski definition) is 3. The first-order valence-electron chi connectivity index (χ1n) is 4.81. The summed E-state index contributed by atoms with van der Waals surface area (Å²) in [5, 5.41) is 9.47. The fraction of sp³-hybridized carbons (Fsp3) is 0.0833. The van der Waals surface area contributed by atoms with Gasteiger partial charge in [-0.05, 0) is 30.7 Å². The molecule has 0 fully saturated rings. The Kier molecular flexibility index (Phi) is 4.23. The van der Waals surface area contributed by atoms with E-state index < -0.39 is 15.8 Å². The molecule has 0 atom stereocenters. The normalized spacial score (nSPS) is 12.9. The van der Waals surface area contributed by atoms with Gasteiger partial charge in [-0.3, -0.25) is 0 Å². The van der Waals surface area contributed by atoms with E-state index in [0.29, 0.717) is 5.57 Å². The van der Waals surface area contributed by atoms with E-state index in [9.17, 15) is 13.2 Å². The molecule has 0 radical (unpaired) electrons. The second-order valence-electron chi connectivity index (χ2n) is 3.39. The SMILES string of the molecule is CC(/C=C/S(=O)(=O)c1ccccc1)=C\C(=O)O. The van der Waals surface area contributed by atoms with Crippen molar-refractivity contribution in [2.45, 2.75) is 11.8 Å². The van der Waals surface area contributed by atoms with E-state index in [-0.39, 0.29) is 4.90 Å². The molecule has 17 heavy (non-hydrogen) atoms. The summed E-state index contributed by atoms with van der Waals surface area (Å²) in [4.78, 5) is 10.5. The standard InChI is InChI=1S/C12H12O4S/c1-10(9-12(13)14)7-8-17(15,16)11-5-3-2-4-6-11/h2-9H,1H3,(H,13,14)/b8-7+,10-9+. The minimum absolute atomic E-state index is 0.180. The summed E-state index contributed by atoms with van der Waals surface area (Å²) in [5.41, 5.74) is 0.358. The smallest absolute Gasteiger partial charge is 0.328 e. The van der Waals surface area contributed by atoms with Gasteiger partial charge in [-0.1, -0.05) is 18.2 Å². The number of allylic oxidation sites excluding steroid dienone is 2. The van der Waals surface area contributed by atoms with Crippen LogP contribution in [0.3, 0.4) is 0 Å². The molecular formula is C12H12O4S. The lowest BCUT2D eigenvalue weighted by Crippen LogP contribution is -1.96. The molecule has 1 N–H and O–H groups in total. The van der Waals surface area contributed by atoms with E-state index in [1.165, 1.54) is 25.1 Å². The Labute approximate surface area is 99.8 Å². The Bertz CT molecular complexity index is 553. The van der Waals surface area contributed by atoms with Crippen LogP contribution in [-0.2, 0) is 14.6 Å². The minimum atomic E-state index is -3.51. The molecule has 0 bridgehead atoms. The molecule has 0 heterocycles. The van der Waals surface area contributed by atoms with Crippen molar-refractivity contribution < 1.29 is 18.3 Å². The number of rotatable bonds is 4. The van der Waals surface area contributed by atoms with Crippen LogP contribution < -0.4 is 0 Å². The van der Waals surface area contributed by atoms with Crippen LogP contribution >= 0.6 is 0 Å². The summed E-state index contributed by atoms with van der Waals surface area (Å²) in [5.74, 6) is -1.11. The van der Waals surface area contributed by atoms with Crippen molar-refractivity contribution in [2.24, 2.45) is 0 Å². The molecule has 1 aromatic carbocycles. The number of benzene rings is 1. The van der Waals surface area contributed by atoms with Crippen molar-refractivity contribution in [3.63, 3.8) is 0 Å².